The molecule has 0 radical (unpaired) electrons. The van der Waals surface area contributed by atoms with E-state index in [0.717, 1.165) is 42.9 Å². The van der Waals surface area contributed by atoms with Crippen LogP contribution < -0.4 is 10.6 Å². The van der Waals surface area contributed by atoms with Crippen LogP contribution in [0, 0.1) is 5.92 Å². The SMILES string of the molecule is O=C(NCCc1cccc(Cl)c1)C1CCNCC1. The third kappa shape index (κ3) is 4.00. The number of hydrogen-bond donors (Lipinski definition) is 2. The Bertz CT molecular complexity index is 403. The molecular weight excluding hydrogens is 248 g/mol. The second-order valence-electron chi connectivity index (χ2n) is 4.70. The van der Waals surface area contributed by atoms with Gasteiger partial charge in [-0.3, -0.25) is 4.79 Å². The number of hydrogen-bond acceptors (Lipinski definition) is 2. The molecule has 98 valence electrons. The van der Waals surface area contributed by atoms with Crippen molar-refractivity contribution in [2.45, 2.75) is 19.3 Å². The molecule has 18 heavy (non-hydrogen) atoms. The highest BCUT2D eigenvalue weighted by Gasteiger charge is 2.19. The van der Waals surface area contributed by atoms with Gasteiger partial charge in [0.2, 0.25) is 5.91 Å². The van der Waals surface area contributed by atoms with Crippen LogP contribution >= 0.6 is 11.6 Å². The van der Waals surface area contributed by atoms with Gasteiger partial charge in [-0.15, -0.1) is 0 Å². The lowest BCUT2D eigenvalue weighted by molar-refractivity contribution is -0.125. The van der Waals surface area contributed by atoms with Gasteiger partial charge in [-0.1, -0.05) is 23.7 Å². The van der Waals surface area contributed by atoms with Gasteiger partial charge in [-0.05, 0) is 50.0 Å². The van der Waals surface area contributed by atoms with E-state index in [1.807, 2.05) is 24.3 Å². The summed E-state index contributed by atoms with van der Waals surface area (Å²) in [5, 5.41) is 7.02. The largest absolute Gasteiger partial charge is 0.356 e. The maximum absolute atomic E-state index is 11.9. The summed E-state index contributed by atoms with van der Waals surface area (Å²) in [6, 6.07) is 7.77. The molecule has 1 aliphatic rings. The van der Waals surface area contributed by atoms with Gasteiger partial charge in [-0.25, -0.2) is 0 Å². The van der Waals surface area contributed by atoms with Crippen LogP contribution in [-0.2, 0) is 11.2 Å². The van der Waals surface area contributed by atoms with E-state index in [9.17, 15) is 4.79 Å². The number of halogens is 1. The molecule has 3 nitrogen and oxygen atoms in total. The molecule has 0 saturated carbocycles. The quantitative estimate of drug-likeness (QED) is 0.875. The predicted octanol–water partition coefficient (Wildman–Crippen LogP) is 2.00. The maximum Gasteiger partial charge on any atom is 0.223 e. The molecular formula is C14H19ClN2O. The molecule has 0 unspecified atom stereocenters. The van der Waals surface area contributed by atoms with Crippen molar-refractivity contribution in [3.63, 3.8) is 0 Å². The molecule has 1 saturated heterocycles. The fourth-order valence-electron chi connectivity index (χ4n) is 2.25. The number of carbonyl (C=O) groups excluding carboxylic acids is 1. The van der Waals surface area contributed by atoms with Gasteiger partial charge in [0.15, 0.2) is 0 Å². The van der Waals surface area contributed by atoms with E-state index in [0.29, 0.717) is 6.54 Å². The summed E-state index contributed by atoms with van der Waals surface area (Å²) in [5.41, 5.74) is 1.16. The Labute approximate surface area is 113 Å². The van der Waals surface area contributed by atoms with Crippen molar-refractivity contribution in [1.82, 2.24) is 10.6 Å². The van der Waals surface area contributed by atoms with E-state index in [2.05, 4.69) is 10.6 Å². The Morgan fingerprint density at radius 1 is 1.39 bits per heavy atom. The van der Waals surface area contributed by atoms with Gasteiger partial charge >= 0.3 is 0 Å². The van der Waals surface area contributed by atoms with Crippen LogP contribution in [0.15, 0.2) is 24.3 Å². The first-order valence-electron chi connectivity index (χ1n) is 6.48. The fraction of sp³-hybridized carbons (Fsp3) is 0.500. The minimum Gasteiger partial charge on any atom is -0.356 e. The predicted molar refractivity (Wildman–Crippen MR) is 73.8 cm³/mol. The third-order valence-corrected chi connectivity index (χ3v) is 3.55. The van der Waals surface area contributed by atoms with Crippen LogP contribution in [-0.4, -0.2) is 25.5 Å². The molecule has 0 spiro atoms. The molecule has 1 fully saturated rings. The molecule has 1 heterocycles. The third-order valence-electron chi connectivity index (χ3n) is 3.31. The summed E-state index contributed by atoms with van der Waals surface area (Å²) in [4.78, 5) is 11.9. The molecule has 1 amide bonds. The summed E-state index contributed by atoms with van der Waals surface area (Å²) in [5.74, 6) is 0.379. The Hall–Kier alpha value is -1.06. The average Bonchev–Trinajstić information content (AvgIpc) is 2.40. The van der Waals surface area contributed by atoms with Crippen LogP contribution in [0.1, 0.15) is 18.4 Å². The van der Waals surface area contributed by atoms with Crippen molar-refractivity contribution >= 4 is 17.5 Å². The number of nitrogens with one attached hydrogen (secondary N) is 2. The highest BCUT2D eigenvalue weighted by Crippen LogP contribution is 2.12. The van der Waals surface area contributed by atoms with E-state index in [4.69, 9.17) is 11.6 Å². The molecule has 2 N–H and O–H groups in total. The summed E-state index contributed by atoms with van der Waals surface area (Å²) in [6.07, 6.45) is 2.73. The second-order valence-corrected chi connectivity index (χ2v) is 5.13. The highest BCUT2D eigenvalue weighted by molar-refractivity contribution is 6.30. The second kappa shape index (κ2) is 6.76. The Balaban J connectivity index is 1.73. The standard InChI is InChI=1S/C14H19ClN2O/c15-13-3-1-2-11(10-13)4-9-17-14(18)12-5-7-16-8-6-12/h1-3,10,12,16H,4-9H2,(H,17,18). The topological polar surface area (TPSA) is 41.1 Å². The number of rotatable bonds is 4. The van der Waals surface area contributed by atoms with Gasteiger partial charge < -0.3 is 10.6 Å². The zero-order valence-electron chi connectivity index (χ0n) is 10.4. The highest BCUT2D eigenvalue weighted by atomic mass is 35.5. The van der Waals surface area contributed by atoms with Gasteiger partial charge in [0.25, 0.3) is 0 Å². The molecule has 0 aliphatic carbocycles. The van der Waals surface area contributed by atoms with Gasteiger partial charge in [0, 0.05) is 17.5 Å². The summed E-state index contributed by atoms with van der Waals surface area (Å²) < 4.78 is 0. The lowest BCUT2D eigenvalue weighted by Gasteiger charge is -2.21. The van der Waals surface area contributed by atoms with Crippen molar-refractivity contribution in [2.24, 2.45) is 5.92 Å². The van der Waals surface area contributed by atoms with Gasteiger partial charge in [-0.2, -0.15) is 0 Å². The minimum atomic E-state index is 0.186. The Kier molecular flexibility index (Phi) is 5.02. The van der Waals surface area contributed by atoms with Crippen LogP contribution in [0.25, 0.3) is 0 Å². The zero-order valence-corrected chi connectivity index (χ0v) is 11.2. The van der Waals surface area contributed by atoms with E-state index < -0.39 is 0 Å². The minimum absolute atomic E-state index is 0.186. The average molecular weight is 267 g/mol. The van der Waals surface area contributed by atoms with E-state index >= 15 is 0 Å². The summed E-state index contributed by atoms with van der Waals surface area (Å²) in [6.45, 7) is 2.59. The smallest absolute Gasteiger partial charge is 0.223 e. The maximum atomic E-state index is 11.9. The number of carbonyl (C=O) groups is 1. The van der Waals surface area contributed by atoms with Crippen molar-refractivity contribution in [3.05, 3.63) is 34.9 Å². The Morgan fingerprint density at radius 3 is 2.89 bits per heavy atom. The molecule has 1 aromatic rings. The normalized spacial score (nSPS) is 16.5. The van der Waals surface area contributed by atoms with Crippen molar-refractivity contribution in [3.8, 4) is 0 Å². The Morgan fingerprint density at radius 2 is 2.17 bits per heavy atom. The number of piperidine rings is 1. The first-order valence-corrected chi connectivity index (χ1v) is 6.86. The van der Waals surface area contributed by atoms with E-state index in [-0.39, 0.29) is 11.8 Å². The van der Waals surface area contributed by atoms with Crippen molar-refractivity contribution in [1.29, 1.82) is 0 Å². The number of amides is 1. The van der Waals surface area contributed by atoms with Crippen molar-refractivity contribution < 1.29 is 4.79 Å². The molecule has 4 heteroatoms. The molecule has 1 aromatic carbocycles. The molecule has 1 aliphatic heterocycles. The summed E-state index contributed by atoms with van der Waals surface area (Å²) >= 11 is 5.91. The van der Waals surface area contributed by atoms with E-state index in [1.54, 1.807) is 0 Å². The van der Waals surface area contributed by atoms with E-state index in [1.165, 1.54) is 0 Å². The van der Waals surface area contributed by atoms with Crippen molar-refractivity contribution in [2.75, 3.05) is 19.6 Å². The molecule has 0 atom stereocenters. The lowest BCUT2D eigenvalue weighted by atomic mass is 9.97. The molecule has 0 bridgehead atoms. The van der Waals surface area contributed by atoms with Crippen LogP contribution in [0.5, 0.6) is 0 Å². The van der Waals surface area contributed by atoms with Crippen LogP contribution in [0.2, 0.25) is 5.02 Å². The van der Waals surface area contributed by atoms with Gasteiger partial charge in [0.1, 0.15) is 0 Å². The van der Waals surface area contributed by atoms with Crippen LogP contribution in [0.4, 0.5) is 0 Å². The number of benzene rings is 1. The van der Waals surface area contributed by atoms with Gasteiger partial charge in [0.05, 0.1) is 0 Å². The fourth-order valence-corrected chi connectivity index (χ4v) is 2.46. The monoisotopic (exact) mass is 266 g/mol. The molecule has 0 aromatic heterocycles. The first-order chi connectivity index (χ1) is 8.75. The molecule has 2 rings (SSSR count). The zero-order chi connectivity index (χ0) is 12.8. The first kappa shape index (κ1) is 13.4. The van der Waals surface area contributed by atoms with Crippen LogP contribution in [0.3, 0.4) is 0 Å². The lowest BCUT2D eigenvalue weighted by Crippen LogP contribution is -2.38. The summed E-state index contributed by atoms with van der Waals surface area (Å²) in [7, 11) is 0.